The number of amides is 1. The van der Waals surface area contributed by atoms with E-state index >= 15 is 0 Å². The molecule has 11 heteroatoms. The summed E-state index contributed by atoms with van der Waals surface area (Å²) in [6.07, 6.45) is 7.52. The topological polar surface area (TPSA) is 125 Å². The van der Waals surface area contributed by atoms with Crippen LogP contribution in [0.1, 0.15) is 24.8 Å². The first-order chi connectivity index (χ1) is 20.1. The lowest BCUT2D eigenvalue weighted by Crippen LogP contribution is -2.22. The second kappa shape index (κ2) is 12.0. The summed E-state index contributed by atoms with van der Waals surface area (Å²) < 4.78 is 18.8. The van der Waals surface area contributed by atoms with Gasteiger partial charge in [0.2, 0.25) is 0 Å². The molecule has 11 nitrogen and oxygen atoms in total. The van der Waals surface area contributed by atoms with Crippen molar-refractivity contribution >= 4 is 39.6 Å². The molecular weight excluding hydrogens is 522 g/mol. The molecule has 1 saturated heterocycles. The molecule has 0 bridgehead atoms. The molecule has 2 aromatic carbocycles. The van der Waals surface area contributed by atoms with E-state index in [0.717, 1.165) is 47.2 Å². The van der Waals surface area contributed by atoms with E-state index in [0.29, 0.717) is 29.5 Å². The molecule has 2 N–H and O–H groups in total. The molecule has 0 radical (unpaired) electrons. The van der Waals surface area contributed by atoms with Gasteiger partial charge in [-0.3, -0.25) is 4.79 Å². The summed E-state index contributed by atoms with van der Waals surface area (Å²) >= 11 is 0. The lowest BCUT2D eigenvalue weighted by atomic mass is 10.1. The van der Waals surface area contributed by atoms with E-state index in [1.807, 2.05) is 49.4 Å². The number of pyridine rings is 1. The number of carbonyl (C=O) groups is 1. The van der Waals surface area contributed by atoms with Crippen molar-refractivity contribution in [3.63, 3.8) is 0 Å². The SMILES string of the molecule is Cc1cc(Nc2ncnc3ccc(NC(=O)C#CCOC4CCCCO4)cc23)ccc1Oc1ccn2ncnc2c1. The number of rotatable bonds is 7. The molecule has 41 heavy (non-hydrogen) atoms. The number of aromatic nitrogens is 5. The van der Waals surface area contributed by atoms with E-state index in [9.17, 15) is 4.79 Å². The fraction of sp³-hybridized carbons (Fsp3) is 0.233. The van der Waals surface area contributed by atoms with Gasteiger partial charge in [0.1, 0.15) is 36.6 Å². The van der Waals surface area contributed by atoms with Crippen LogP contribution in [0.3, 0.4) is 0 Å². The summed E-state index contributed by atoms with van der Waals surface area (Å²) in [7, 11) is 0. The third-order valence-corrected chi connectivity index (χ3v) is 6.49. The second-order valence-electron chi connectivity index (χ2n) is 9.45. The number of benzene rings is 2. The Bertz CT molecular complexity index is 1770. The number of nitrogens with one attached hydrogen (secondary N) is 2. The average Bonchev–Trinajstić information content (AvgIpc) is 3.46. The van der Waals surface area contributed by atoms with Crippen LogP contribution in [-0.2, 0) is 14.3 Å². The highest BCUT2D eigenvalue weighted by atomic mass is 16.7. The summed E-state index contributed by atoms with van der Waals surface area (Å²) in [6, 6.07) is 14.9. The number of carbonyl (C=O) groups excluding carboxylic acids is 1. The van der Waals surface area contributed by atoms with Crippen molar-refractivity contribution in [2.24, 2.45) is 0 Å². The van der Waals surface area contributed by atoms with Gasteiger partial charge in [-0.2, -0.15) is 5.10 Å². The predicted molar refractivity (Wildman–Crippen MR) is 153 cm³/mol. The van der Waals surface area contributed by atoms with Crippen molar-refractivity contribution in [2.75, 3.05) is 23.8 Å². The number of hydrogen-bond donors (Lipinski definition) is 2. The monoisotopic (exact) mass is 549 g/mol. The Morgan fingerprint density at radius 3 is 2.88 bits per heavy atom. The molecule has 1 aliphatic heterocycles. The van der Waals surface area contributed by atoms with Crippen LogP contribution < -0.4 is 15.4 Å². The Kier molecular flexibility index (Phi) is 7.66. The van der Waals surface area contributed by atoms with Gasteiger partial charge in [-0.05, 0) is 80.1 Å². The largest absolute Gasteiger partial charge is 0.457 e. The summed E-state index contributed by atoms with van der Waals surface area (Å²) in [6.45, 7) is 2.80. The first-order valence-corrected chi connectivity index (χ1v) is 13.2. The summed E-state index contributed by atoms with van der Waals surface area (Å²) in [5, 5.41) is 11.0. The average molecular weight is 550 g/mol. The molecule has 0 spiro atoms. The summed E-state index contributed by atoms with van der Waals surface area (Å²) in [5.74, 6) is 6.86. The zero-order valence-electron chi connectivity index (χ0n) is 22.3. The number of nitrogens with zero attached hydrogens (tertiary/aromatic N) is 5. The molecule has 0 aliphatic carbocycles. The van der Waals surface area contributed by atoms with Gasteiger partial charge in [0, 0.05) is 35.6 Å². The molecule has 1 atom stereocenters. The zero-order valence-corrected chi connectivity index (χ0v) is 22.3. The van der Waals surface area contributed by atoms with Crippen LogP contribution in [0, 0.1) is 18.8 Å². The number of hydrogen-bond acceptors (Lipinski definition) is 9. The first-order valence-electron chi connectivity index (χ1n) is 13.2. The molecule has 1 amide bonds. The van der Waals surface area contributed by atoms with Gasteiger partial charge in [-0.15, -0.1) is 0 Å². The van der Waals surface area contributed by atoms with E-state index in [2.05, 4.69) is 42.5 Å². The molecule has 1 fully saturated rings. The maximum absolute atomic E-state index is 12.4. The van der Waals surface area contributed by atoms with Crippen LogP contribution in [0.15, 0.2) is 67.4 Å². The van der Waals surface area contributed by atoms with Crippen molar-refractivity contribution in [3.8, 4) is 23.3 Å². The molecule has 206 valence electrons. The molecule has 3 aromatic heterocycles. The van der Waals surface area contributed by atoms with Crippen molar-refractivity contribution in [2.45, 2.75) is 32.5 Å². The van der Waals surface area contributed by atoms with Crippen LogP contribution in [-0.4, -0.2) is 50.0 Å². The standard InChI is InChI=1S/C30H27N7O4/c1-20-15-21(8-10-26(20)41-23-11-12-37-27(17-23)32-19-34-37)36-30-24-16-22(7-9-25(24)31-18-33-30)35-28(38)5-4-14-40-29-6-2-3-13-39-29/h7-12,15-19,29H,2-3,6,13-14H2,1H3,(H,35,38)(H,31,33,36). The minimum absolute atomic E-state index is 0.137. The van der Waals surface area contributed by atoms with Gasteiger partial charge in [-0.1, -0.05) is 5.92 Å². The number of ether oxygens (including phenoxy) is 3. The summed E-state index contributed by atoms with van der Waals surface area (Å²) in [5.41, 5.74) is 3.77. The van der Waals surface area contributed by atoms with Crippen LogP contribution in [0.25, 0.3) is 16.6 Å². The number of fused-ring (bicyclic) bond motifs is 2. The highest BCUT2D eigenvalue weighted by Crippen LogP contribution is 2.30. The Morgan fingerprint density at radius 1 is 1.07 bits per heavy atom. The zero-order chi connectivity index (χ0) is 28.0. The minimum Gasteiger partial charge on any atom is -0.457 e. The van der Waals surface area contributed by atoms with Crippen molar-refractivity contribution in [3.05, 3.63) is 72.9 Å². The summed E-state index contributed by atoms with van der Waals surface area (Å²) in [4.78, 5) is 25.4. The lowest BCUT2D eigenvalue weighted by molar-refractivity contribution is -0.154. The van der Waals surface area contributed by atoms with Crippen molar-refractivity contribution in [1.29, 1.82) is 0 Å². The molecule has 1 aliphatic rings. The van der Waals surface area contributed by atoms with Crippen molar-refractivity contribution in [1.82, 2.24) is 24.6 Å². The van der Waals surface area contributed by atoms with E-state index in [4.69, 9.17) is 14.2 Å². The molecule has 1 unspecified atom stereocenters. The minimum atomic E-state index is -0.432. The molecular formula is C30H27N7O4. The Morgan fingerprint density at radius 2 is 2.00 bits per heavy atom. The molecule has 6 rings (SSSR count). The van der Waals surface area contributed by atoms with Gasteiger partial charge in [0.05, 0.1) is 5.52 Å². The Hall–Kier alpha value is -5.05. The molecule has 0 saturated carbocycles. The van der Waals surface area contributed by atoms with Crippen molar-refractivity contribution < 1.29 is 19.0 Å². The molecule has 4 heterocycles. The third kappa shape index (κ3) is 6.41. The van der Waals surface area contributed by atoms with Gasteiger partial charge < -0.3 is 24.8 Å². The van der Waals surface area contributed by atoms with Crippen LogP contribution in [0.4, 0.5) is 17.2 Å². The van der Waals surface area contributed by atoms with Crippen LogP contribution >= 0.6 is 0 Å². The smallest absolute Gasteiger partial charge is 0.300 e. The highest BCUT2D eigenvalue weighted by Gasteiger charge is 2.13. The second-order valence-corrected chi connectivity index (χ2v) is 9.45. The molecule has 5 aromatic rings. The predicted octanol–water partition coefficient (Wildman–Crippen LogP) is 5.00. The van der Waals surface area contributed by atoms with E-state index in [1.165, 1.54) is 12.7 Å². The fourth-order valence-electron chi connectivity index (χ4n) is 4.46. The number of anilines is 3. The highest BCUT2D eigenvalue weighted by molar-refractivity contribution is 6.05. The lowest BCUT2D eigenvalue weighted by Gasteiger charge is -2.21. The normalized spacial score (nSPS) is 14.8. The Balaban J connectivity index is 1.12. The van der Waals surface area contributed by atoms with Crippen LogP contribution in [0.5, 0.6) is 11.5 Å². The van der Waals surface area contributed by atoms with Gasteiger partial charge in [-0.25, -0.2) is 19.5 Å². The maximum atomic E-state index is 12.4. The van der Waals surface area contributed by atoms with E-state index in [1.54, 1.807) is 16.8 Å². The van der Waals surface area contributed by atoms with Gasteiger partial charge in [0.25, 0.3) is 5.91 Å². The van der Waals surface area contributed by atoms with E-state index in [-0.39, 0.29) is 12.9 Å². The van der Waals surface area contributed by atoms with Gasteiger partial charge in [0.15, 0.2) is 11.9 Å². The maximum Gasteiger partial charge on any atom is 0.300 e. The van der Waals surface area contributed by atoms with Crippen LogP contribution in [0.2, 0.25) is 0 Å². The fourth-order valence-corrected chi connectivity index (χ4v) is 4.46. The third-order valence-electron chi connectivity index (χ3n) is 6.49. The number of aryl methyl sites for hydroxylation is 1. The Labute approximate surface area is 235 Å². The quantitative estimate of drug-likeness (QED) is 0.270. The first kappa shape index (κ1) is 26.2. The van der Waals surface area contributed by atoms with Gasteiger partial charge >= 0.3 is 0 Å². The van der Waals surface area contributed by atoms with E-state index < -0.39 is 5.91 Å².